The number of hydrogen-bond acceptors (Lipinski definition) is 8. The van der Waals surface area contributed by atoms with Gasteiger partial charge in [0, 0.05) is 17.0 Å². The van der Waals surface area contributed by atoms with Gasteiger partial charge >= 0.3 is 0 Å². The van der Waals surface area contributed by atoms with E-state index in [9.17, 15) is 4.79 Å². The van der Waals surface area contributed by atoms with Crippen LogP contribution >= 0.6 is 23.1 Å². The van der Waals surface area contributed by atoms with Crippen LogP contribution in [-0.2, 0) is 23.5 Å². The summed E-state index contributed by atoms with van der Waals surface area (Å²) in [5, 5.41) is 9.76. The number of aryl methyl sites for hydroxylation is 2. The maximum Gasteiger partial charge on any atom is 0.263 e. The van der Waals surface area contributed by atoms with E-state index in [1.165, 1.54) is 11.8 Å². The van der Waals surface area contributed by atoms with Crippen molar-refractivity contribution in [3.63, 3.8) is 0 Å². The number of nitrogens with zero attached hydrogens (tertiary/aromatic N) is 4. The van der Waals surface area contributed by atoms with Gasteiger partial charge in [-0.15, -0.1) is 21.5 Å². The number of rotatable bonds is 7. The molecule has 1 saturated heterocycles. The van der Waals surface area contributed by atoms with E-state index in [0.717, 1.165) is 52.1 Å². The molecule has 0 aliphatic carbocycles. The van der Waals surface area contributed by atoms with Gasteiger partial charge in [-0.2, -0.15) is 0 Å². The number of thiophene rings is 1. The van der Waals surface area contributed by atoms with Crippen LogP contribution in [-0.4, -0.2) is 32.5 Å². The van der Waals surface area contributed by atoms with E-state index in [2.05, 4.69) is 24.0 Å². The van der Waals surface area contributed by atoms with E-state index in [1.807, 2.05) is 30.3 Å². The molecular weight excluding hydrogens is 444 g/mol. The summed E-state index contributed by atoms with van der Waals surface area (Å²) in [7, 11) is 0. The summed E-state index contributed by atoms with van der Waals surface area (Å²) in [6, 6.07) is 9.68. The summed E-state index contributed by atoms with van der Waals surface area (Å²) < 4.78 is 13.4. The van der Waals surface area contributed by atoms with Crippen LogP contribution < -0.4 is 5.56 Å². The normalized spacial score (nSPS) is 16.2. The molecule has 9 heteroatoms. The van der Waals surface area contributed by atoms with Crippen LogP contribution in [0.2, 0.25) is 0 Å². The van der Waals surface area contributed by atoms with Crippen molar-refractivity contribution in [2.24, 2.45) is 0 Å². The smallest absolute Gasteiger partial charge is 0.263 e. The monoisotopic (exact) mass is 468 g/mol. The van der Waals surface area contributed by atoms with Crippen molar-refractivity contribution in [3.05, 3.63) is 57.0 Å². The summed E-state index contributed by atoms with van der Waals surface area (Å²) in [5.41, 5.74) is 2.00. The minimum Gasteiger partial charge on any atom is -0.420 e. The third-order valence-corrected chi connectivity index (χ3v) is 7.66. The lowest BCUT2D eigenvalue weighted by Crippen LogP contribution is -2.29. The average Bonchev–Trinajstić information content (AvgIpc) is 3.55. The van der Waals surface area contributed by atoms with Gasteiger partial charge in [0.2, 0.25) is 11.8 Å². The second kappa shape index (κ2) is 9.17. The molecule has 0 spiro atoms. The molecule has 0 bridgehead atoms. The number of aromatic nitrogens is 4. The average molecular weight is 469 g/mol. The largest absolute Gasteiger partial charge is 0.420 e. The molecule has 1 aliphatic rings. The van der Waals surface area contributed by atoms with Crippen LogP contribution in [0.4, 0.5) is 0 Å². The molecule has 7 nitrogen and oxygen atoms in total. The van der Waals surface area contributed by atoms with Gasteiger partial charge in [0.1, 0.15) is 4.83 Å². The minimum atomic E-state index is 0.0182. The van der Waals surface area contributed by atoms with Crippen LogP contribution in [0.25, 0.3) is 21.7 Å². The first-order chi connectivity index (χ1) is 15.6. The zero-order valence-corrected chi connectivity index (χ0v) is 19.7. The number of thioether (sulfide) groups is 1. The molecule has 3 aromatic heterocycles. The second-order valence-electron chi connectivity index (χ2n) is 7.77. The zero-order valence-electron chi connectivity index (χ0n) is 18.0. The Morgan fingerprint density at radius 3 is 2.84 bits per heavy atom. The van der Waals surface area contributed by atoms with Crippen molar-refractivity contribution in [2.45, 2.75) is 56.7 Å². The highest BCUT2D eigenvalue weighted by molar-refractivity contribution is 7.98. The lowest BCUT2D eigenvalue weighted by Gasteiger charge is -2.15. The van der Waals surface area contributed by atoms with Crippen LogP contribution in [0.5, 0.6) is 0 Å². The Bertz CT molecular complexity index is 1290. The first-order valence-corrected chi connectivity index (χ1v) is 12.6. The third-order valence-electron chi connectivity index (χ3n) is 5.65. The molecule has 32 heavy (non-hydrogen) atoms. The number of fused-ring (bicyclic) bond motifs is 1. The van der Waals surface area contributed by atoms with E-state index in [1.54, 1.807) is 15.9 Å². The molecule has 5 rings (SSSR count). The van der Waals surface area contributed by atoms with Crippen LogP contribution in [0.15, 0.2) is 44.7 Å². The highest BCUT2D eigenvalue weighted by atomic mass is 32.2. The molecule has 166 valence electrons. The molecule has 0 N–H and O–H groups in total. The first-order valence-electron chi connectivity index (χ1n) is 10.8. The Labute approximate surface area is 193 Å². The van der Waals surface area contributed by atoms with Gasteiger partial charge in [0.25, 0.3) is 5.56 Å². The van der Waals surface area contributed by atoms with Crippen molar-refractivity contribution >= 4 is 33.3 Å². The maximum atomic E-state index is 13.5. The van der Waals surface area contributed by atoms with E-state index in [4.69, 9.17) is 14.1 Å². The molecule has 1 aliphatic heterocycles. The summed E-state index contributed by atoms with van der Waals surface area (Å²) in [6.45, 7) is 5.41. The standard InChI is InChI=1S/C23H24N4O3S2/c1-3-17-14(2)32-21-19(17)22(28)27(12-16-10-7-11-29-16)23(24-21)31-13-18-25-26-20(30-18)15-8-5-4-6-9-15/h4-6,8-9,16H,3,7,10-13H2,1-2H3. The van der Waals surface area contributed by atoms with Gasteiger partial charge in [-0.05, 0) is 43.9 Å². The first kappa shape index (κ1) is 21.4. The molecule has 4 heterocycles. The lowest BCUT2D eigenvalue weighted by atomic mass is 10.1. The van der Waals surface area contributed by atoms with Crippen molar-refractivity contribution in [3.8, 4) is 11.5 Å². The highest BCUT2D eigenvalue weighted by Gasteiger charge is 2.23. The molecule has 0 amide bonds. The Hall–Kier alpha value is -2.49. The quantitative estimate of drug-likeness (QED) is 0.283. The van der Waals surface area contributed by atoms with Crippen molar-refractivity contribution in [1.29, 1.82) is 0 Å². The molecule has 1 aromatic carbocycles. The fraction of sp³-hybridized carbons (Fsp3) is 0.391. The van der Waals surface area contributed by atoms with Crippen LogP contribution in [0.3, 0.4) is 0 Å². The Balaban J connectivity index is 1.47. The lowest BCUT2D eigenvalue weighted by molar-refractivity contribution is 0.0937. The van der Waals surface area contributed by atoms with Gasteiger partial charge in [-0.1, -0.05) is 36.9 Å². The second-order valence-corrected chi connectivity index (χ2v) is 9.92. The van der Waals surface area contributed by atoms with Gasteiger partial charge in [0.05, 0.1) is 23.8 Å². The summed E-state index contributed by atoms with van der Waals surface area (Å²) in [5.74, 6) is 1.43. The van der Waals surface area contributed by atoms with Crippen molar-refractivity contribution in [1.82, 2.24) is 19.7 Å². The predicted octanol–water partition coefficient (Wildman–Crippen LogP) is 4.85. The van der Waals surface area contributed by atoms with Gasteiger partial charge in [-0.3, -0.25) is 9.36 Å². The SMILES string of the molecule is CCc1c(C)sc2nc(SCc3nnc(-c4ccccc4)o3)n(CC3CCCO3)c(=O)c12. The summed E-state index contributed by atoms with van der Waals surface area (Å²) in [6.07, 6.45) is 2.85. The topological polar surface area (TPSA) is 83.0 Å². The minimum absolute atomic E-state index is 0.0182. The third kappa shape index (κ3) is 4.12. The molecule has 1 fully saturated rings. The molecular formula is C23H24N4O3S2. The summed E-state index contributed by atoms with van der Waals surface area (Å²) in [4.78, 5) is 20.4. The van der Waals surface area contributed by atoms with Crippen molar-refractivity contribution < 1.29 is 9.15 Å². The van der Waals surface area contributed by atoms with Crippen LogP contribution in [0, 0.1) is 6.92 Å². The number of hydrogen-bond donors (Lipinski definition) is 0. The highest BCUT2D eigenvalue weighted by Crippen LogP contribution is 2.31. The molecule has 0 radical (unpaired) electrons. The van der Waals surface area contributed by atoms with E-state index in [-0.39, 0.29) is 11.7 Å². The zero-order chi connectivity index (χ0) is 22.1. The molecule has 0 saturated carbocycles. The van der Waals surface area contributed by atoms with Gasteiger partial charge < -0.3 is 9.15 Å². The number of ether oxygens (including phenoxy) is 1. The predicted molar refractivity (Wildman–Crippen MR) is 126 cm³/mol. The molecule has 1 unspecified atom stereocenters. The van der Waals surface area contributed by atoms with Gasteiger partial charge in [0.15, 0.2) is 5.16 Å². The Kier molecular flexibility index (Phi) is 6.12. The summed E-state index contributed by atoms with van der Waals surface area (Å²) >= 11 is 3.04. The molecule has 1 atom stereocenters. The van der Waals surface area contributed by atoms with E-state index >= 15 is 0 Å². The number of benzene rings is 1. The fourth-order valence-electron chi connectivity index (χ4n) is 4.06. The molecule has 4 aromatic rings. The van der Waals surface area contributed by atoms with E-state index in [0.29, 0.717) is 29.2 Å². The van der Waals surface area contributed by atoms with E-state index < -0.39 is 0 Å². The Morgan fingerprint density at radius 2 is 2.09 bits per heavy atom. The van der Waals surface area contributed by atoms with Gasteiger partial charge in [-0.25, -0.2) is 4.98 Å². The van der Waals surface area contributed by atoms with Crippen molar-refractivity contribution in [2.75, 3.05) is 6.61 Å². The van der Waals surface area contributed by atoms with Crippen LogP contribution in [0.1, 0.15) is 36.1 Å². The maximum absolute atomic E-state index is 13.5. The Morgan fingerprint density at radius 1 is 1.25 bits per heavy atom. The fourth-order valence-corrected chi connectivity index (χ4v) is 6.06.